The molecule has 0 saturated carbocycles. The van der Waals surface area contributed by atoms with Crippen molar-refractivity contribution in [2.75, 3.05) is 0 Å². The maximum Gasteiger partial charge on any atom is 0.254 e. The van der Waals surface area contributed by atoms with E-state index in [1.807, 2.05) is 54.6 Å². The molecule has 1 aliphatic carbocycles. The predicted octanol–water partition coefficient (Wildman–Crippen LogP) is 7.41. The number of hydrogen-bond donors (Lipinski definition) is 1. The van der Waals surface area contributed by atoms with Gasteiger partial charge in [0.25, 0.3) is 5.91 Å². The molecular formula is C31H26ClN3O2S. The molecule has 1 N–H and O–H groups in total. The van der Waals surface area contributed by atoms with Gasteiger partial charge in [-0.25, -0.2) is 4.99 Å². The number of aryl methyl sites for hydroxylation is 1. The van der Waals surface area contributed by atoms with Crippen molar-refractivity contribution in [2.24, 2.45) is 4.99 Å². The Labute approximate surface area is 231 Å². The van der Waals surface area contributed by atoms with Crippen LogP contribution in [0.5, 0.6) is 5.75 Å². The highest BCUT2D eigenvalue weighted by Crippen LogP contribution is 2.40. The van der Waals surface area contributed by atoms with Crippen molar-refractivity contribution >= 4 is 40.1 Å². The number of nitrogens with zero attached hydrogens (tertiary/aromatic N) is 2. The lowest BCUT2D eigenvalue weighted by atomic mass is 9.95. The number of thiophene rings is 1. The molecule has 7 heteroatoms. The standard InChI is InChI=1S/C31H26ClN3O2S/c32-25-14-15-27(37-20-23-12-10-21(17-33)11-13-23)24(16-25)19-35-31-29(26-8-4-5-9-28(26)38-31)30(36)34-18-22-6-2-1-3-7-22/h1-3,6-7,10-16,19H,4-5,8-9,18,20H2,(H,34,36). The summed E-state index contributed by atoms with van der Waals surface area (Å²) in [7, 11) is 0. The van der Waals surface area contributed by atoms with Crippen LogP contribution in [-0.4, -0.2) is 12.1 Å². The molecule has 0 unspecified atom stereocenters. The molecule has 38 heavy (non-hydrogen) atoms. The van der Waals surface area contributed by atoms with Gasteiger partial charge in [0, 0.05) is 28.2 Å². The average Bonchev–Trinajstić information content (AvgIpc) is 3.33. The Morgan fingerprint density at radius 2 is 1.84 bits per heavy atom. The van der Waals surface area contributed by atoms with E-state index < -0.39 is 0 Å². The lowest BCUT2D eigenvalue weighted by Crippen LogP contribution is -2.24. The minimum absolute atomic E-state index is 0.0937. The minimum Gasteiger partial charge on any atom is -0.488 e. The first-order valence-electron chi connectivity index (χ1n) is 12.5. The molecule has 3 aromatic carbocycles. The van der Waals surface area contributed by atoms with Crippen LogP contribution in [0.1, 0.15) is 55.9 Å². The average molecular weight is 540 g/mol. The summed E-state index contributed by atoms with van der Waals surface area (Å²) in [4.78, 5) is 19.4. The Bertz CT molecular complexity index is 1500. The van der Waals surface area contributed by atoms with Crippen LogP contribution in [0.15, 0.2) is 77.8 Å². The molecule has 5 rings (SSSR count). The molecular weight excluding hydrogens is 514 g/mol. The van der Waals surface area contributed by atoms with Crippen molar-refractivity contribution in [3.05, 3.63) is 116 Å². The van der Waals surface area contributed by atoms with Gasteiger partial charge >= 0.3 is 0 Å². The highest BCUT2D eigenvalue weighted by Gasteiger charge is 2.25. The number of nitriles is 1. The second-order valence-electron chi connectivity index (χ2n) is 9.10. The maximum absolute atomic E-state index is 13.4. The van der Waals surface area contributed by atoms with Crippen LogP contribution >= 0.6 is 22.9 Å². The van der Waals surface area contributed by atoms with Gasteiger partial charge in [0.05, 0.1) is 17.2 Å². The normalized spacial score (nSPS) is 12.6. The predicted molar refractivity (Wildman–Crippen MR) is 153 cm³/mol. The van der Waals surface area contributed by atoms with Gasteiger partial charge in [-0.2, -0.15) is 5.26 Å². The minimum atomic E-state index is -0.0937. The van der Waals surface area contributed by atoms with Gasteiger partial charge in [0.15, 0.2) is 0 Å². The van der Waals surface area contributed by atoms with Gasteiger partial charge in [-0.05, 0) is 72.7 Å². The highest BCUT2D eigenvalue weighted by molar-refractivity contribution is 7.16. The zero-order chi connectivity index (χ0) is 26.3. The molecule has 1 heterocycles. The number of fused-ring (bicyclic) bond motifs is 1. The van der Waals surface area contributed by atoms with E-state index >= 15 is 0 Å². The second kappa shape index (κ2) is 12.1. The van der Waals surface area contributed by atoms with E-state index in [2.05, 4.69) is 11.4 Å². The third-order valence-corrected chi connectivity index (χ3v) is 7.88. The number of carbonyl (C=O) groups excluding carboxylic acids is 1. The Hall–Kier alpha value is -3.92. The lowest BCUT2D eigenvalue weighted by molar-refractivity contribution is 0.0951. The van der Waals surface area contributed by atoms with Gasteiger partial charge in [-0.1, -0.05) is 54.1 Å². The topological polar surface area (TPSA) is 74.5 Å². The van der Waals surface area contributed by atoms with Crippen molar-refractivity contribution in [2.45, 2.75) is 38.8 Å². The molecule has 0 atom stereocenters. The van der Waals surface area contributed by atoms with Crippen molar-refractivity contribution in [1.29, 1.82) is 5.26 Å². The maximum atomic E-state index is 13.4. The first-order valence-corrected chi connectivity index (χ1v) is 13.7. The van der Waals surface area contributed by atoms with Crippen LogP contribution < -0.4 is 10.1 Å². The van der Waals surface area contributed by atoms with Crippen LogP contribution in [0.25, 0.3) is 0 Å². The van der Waals surface area contributed by atoms with E-state index in [0.717, 1.165) is 47.9 Å². The van der Waals surface area contributed by atoms with Crippen molar-refractivity contribution in [1.82, 2.24) is 5.32 Å². The van der Waals surface area contributed by atoms with E-state index in [-0.39, 0.29) is 5.91 Å². The number of nitrogens with one attached hydrogen (secondary N) is 1. The number of amides is 1. The Balaban J connectivity index is 1.39. The van der Waals surface area contributed by atoms with E-state index in [1.54, 1.807) is 35.8 Å². The largest absolute Gasteiger partial charge is 0.488 e. The Morgan fingerprint density at radius 1 is 1.05 bits per heavy atom. The fraction of sp³-hybridized carbons (Fsp3) is 0.194. The number of aliphatic imine (C=N–C) groups is 1. The van der Waals surface area contributed by atoms with Gasteiger partial charge in [-0.15, -0.1) is 11.3 Å². The van der Waals surface area contributed by atoms with Gasteiger partial charge in [0.1, 0.15) is 17.4 Å². The first kappa shape index (κ1) is 25.7. The summed E-state index contributed by atoms with van der Waals surface area (Å²) < 4.78 is 6.08. The zero-order valence-corrected chi connectivity index (χ0v) is 22.3. The number of rotatable bonds is 8. The van der Waals surface area contributed by atoms with Crippen LogP contribution in [0.3, 0.4) is 0 Å². The summed E-state index contributed by atoms with van der Waals surface area (Å²) in [6.07, 6.45) is 5.80. The molecule has 1 amide bonds. The van der Waals surface area contributed by atoms with Crippen LogP contribution in [0, 0.1) is 11.3 Å². The Kier molecular flexibility index (Phi) is 8.18. The SMILES string of the molecule is N#Cc1ccc(COc2ccc(Cl)cc2C=Nc2sc3c(c2C(=O)NCc2ccccc2)CCCC3)cc1. The zero-order valence-electron chi connectivity index (χ0n) is 20.7. The van der Waals surface area contributed by atoms with Crippen molar-refractivity contribution in [3.63, 3.8) is 0 Å². The van der Waals surface area contributed by atoms with Crippen LogP contribution in [0.2, 0.25) is 5.02 Å². The molecule has 190 valence electrons. The summed E-state index contributed by atoms with van der Waals surface area (Å²) in [5, 5.41) is 13.4. The van der Waals surface area contributed by atoms with E-state index in [0.29, 0.717) is 40.1 Å². The molecule has 1 aromatic heterocycles. The molecule has 0 fully saturated rings. The number of benzene rings is 3. The van der Waals surface area contributed by atoms with Crippen LogP contribution in [-0.2, 0) is 26.0 Å². The molecule has 0 aliphatic heterocycles. The fourth-order valence-electron chi connectivity index (χ4n) is 4.46. The first-order chi connectivity index (χ1) is 18.6. The molecule has 0 saturated heterocycles. The number of hydrogen-bond acceptors (Lipinski definition) is 5. The third kappa shape index (κ3) is 6.13. The molecule has 5 nitrogen and oxygen atoms in total. The molecule has 0 radical (unpaired) electrons. The van der Waals surface area contributed by atoms with Gasteiger partial charge in [0.2, 0.25) is 0 Å². The summed E-state index contributed by atoms with van der Waals surface area (Å²) in [5.74, 6) is 0.544. The Morgan fingerprint density at radius 3 is 2.63 bits per heavy atom. The second-order valence-corrected chi connectivity index (χ2v) is 10.6. The number of carbonyl (C=O) groups is 1. The van der Waals surface area contributed by atoms with Crippen molar-refractivity contribution < 1.29 is 9.53 Å². The summed E-state index contributed by atoms with van der Waals surface area (Å²) >= 11 is 7.90. The number of ether oxygens (including phenoxy) is 1. The van der Waals surface area contributed by atoms with Gasteiger partial charge in [-0.3, -0.25) is 4.79 Å². The third-order valence-electron chi connectivity index (χ3n) is 6.45. The van der Waals surface area contributed by atoms with Crippen molar-refractivity contribution in [3.8, 4) is 11.8 Å². The van der Waals surface area contributed by atoms with E-state index in [9.17, 15) is 4.79 Å². The summed E-state index contributed by atoms with van der Waals surface area (Å²) in [6.45, 7) is 0.809. The molecule has 0 bridgehead atoms. The molecule has 0 spiro atoms. The molecule has 4 aromatic rings. The monoisotopic (exact) mass is 539 g/mol. The number of halogens is 1. The van der Waals surface area contributed by atoms with Crippen LogP contribution in [0.4, 0.5) is 5.00 Å². The van der Waals surface area contributed by atoms with Gasteiger partial charge < -0.3 is 10.1 Å². The van der Waals surface area contributed by atoms with E-state index in [1.165, 1.54) is 4.88 Å². The fourth-order valence-corrected chi connectivity index (χ4v) is 5.87. The lowest BCUT2D eigenvalue weighted by Gasteiger charge is -2.13. The summed E-state index contributed by atoms with van der Waals surface area (Å²) in [6, 6.07) is 24.7. The molecule has 1 aliphatic rings. The smallest absolute Gasteiger partial charge is 0.254 e. The quantitative estimate of drug-likeness (QED) is 0.237. The summed E-state index contributed by atoms with van der Waals surface area (Å²) in [5.41, 5.74) is 5.15. The highest BCUT2D eigenvalue weighted by atomic mass is 35.5. The van der Waals surface area contributed by atoms with E-state index in [4.69, 9.17) is 26.6 Å².